The van der Waals surface area contributed by atoms with Crippen molar-refractivity contribution in [3.63, 3.8) is 0 Å². The number of nitrogens with zero attached hydrogens (tertiary/aromatic N) is 4. The molecule has 22 heteroatoms. The number of H-pyrrole nitrogens is 2. The maximum absolute atomic E-state index is 14.1. The standard InChI is InChI=1S/C20H18FN3O2.C15H14F3N3O5S.C6H5BFO2.CH4/c21-17-9-5-4-8-15(17)20-16-12-24(11-10-18(16)22-23-20)19(25)13-26-14-6-2-1-3-7-14;16-15(17,18)27(23,24)26-14-11-8-21(7-6-12(11)19-20-14)13(22)9-25-10-4-2-1-3-5-10;8-5-3-1-2-4-6(5)10-7-9;/h1-9H,10-13H2,(H,22,23);1-5H,6-9H2,(H,19,20);1-4,9H;1H4. The minimum Gasteiger partial charge on any atom is -0.535 e. The van der Waals surface area contributed by atoms with Crippen LogP contribution in [0, 0.1) is 11.6 Å². The normalized spacial score (nSPS) is 13.0. The van der Waals surface area contributed by atoms with E-state index in [1.807, 2.05) is 30.3 Å². The van der Waals surface area contributed by atoms with Crippen LogP contribution in [0.2, 0.25) is 0 Å². The van der Waals surface area contributed by atoms with Gasteiger partial charge in [0.25, 0.3) is 17.7 Å². The highest BCUT2D eigenvalue weighted by Gasteiger charge is 2.49. The monoisotopic (exact) mass is 911 g/mol. The summed E-state index contributed by atoms with van der Waals surface area (Å²) >= 11 is 0. The highest BCUT2D eigenvalue weighted by Crippen LogP contribution is 2.32. The lowest BCUT2D eigenvalue weighted by Gasteiger charge is -2.27. The fraction of sp³-hybridized carbons (Fsp3) is 0.238. The van der Waals surface area contributed by atoms with Crippen LogP contribution in [0.25, 0.3) is 11.3 Å². The van der Waals surface area contributed by atoms with E-state index in [-0.39, 0.29) is 63.2 Å². The first-order valence-electron chi connectivity index (χ1n) is 18.9. The largest absolute Gasteiger partial charge is 0.569 e. The minimum atomic E-state index is -5.85. The molecule has 2 aromatic heterocycles. The van der Waals surface area contributed by atoms with E-state index in [9.17, 15) is 40.0 Å². The van der Waals surface area contributed by atoms with Crippen LogP contribution in [0.5, 0.6) is 23.1 Å². The molecule has 0 aliphatic carbocycles. The summed E-state index contributed by atoms with van der Waals surface area (Å²) in [6.45, 7) is 0.818. The number of fused-ring (bicyclic) bond motifs is 2. The van der Waals surface area contributed by atoms with Gasteiger partial charge in [-0.2, -0.15) is 26.7 Å². The number of halogens is 5. The highest BCUT2D eigenvalue weighted by atomic mass is 32.2. The lowest BCUT2D eigenvalue weighted by Crippen LogP contribution is -2.39. The molecule has 4 heterocycles. The Balaban J connectivity index is 0.000000196. The Kier molecular flexibility index (Phi) is 16.5. The van der Waals surface area contributed by atoms with Crippen LogP contribution in [0.15, 0.2) is 109 Å². The Morgan fingerprint density at radius 2 is 1.19 bits per heavy atom. The molecular weight excluding hydrogens is 870 g/mol. The molecule has 2 aliphatic heterocycles. The number of carbonyl (C=O) groups is 2. The predicted molar refractivity (Wildman–Crippen MR) is 222 cm³/mol. The number of ether oxygens (including phenoxy) is 2. The van der Waals surface area contributed by atoms with E-state index in [0.29, 0.717) is 55.6 Å². The van der Waals surface area contributed by atoms with Crippen molar-refractivity contribution in [2.75, 3.05) is 26.3 Å². The molecule has 8 rings (SSSR count). The van der Waals surface area contributed by atoms with E-state index in [1.54, 1.807) is 65.6 Å². The summed E-state index contributed by atoms with van der Waals surface area (Å²) in [6, 6.07) is 30.2. The molecule has 0 atom stereocenters. The van der Waals surface area contributed by atoms with Crippen LogP contribution in [0.3, 0.4) is 0 Å². The van der Waals surface area contributed by atoms with Crippen LogP contribution in [-0.2, 0) is 45.6 Å². The molecule has 0 fully saturated rings. The molecule has 4 aromatic carbocycles. The molecule has 0 spiro atoms. The number of rotatable bonds is 11. The fourth-order valence-corrected chi connectivity index (χ4v) is 6.63. The SMILES string of the molecule is C.O=C(COc1ccccc1)N1CCc2[nH]nc(-c3ccccc3F)c2C1.O=C(COc1ccccc1)N1CCc2[nH]nc(OS(=O)(=O)C(F)(F)F)c2C1.O[B]Oc1ccccc1F. The lowest BCUT2D eigenvalue weighted by atomic mass is 10.0. The Morgan fingerprint density at radius 3 is 1.72 bits per heavy atom. The summed E-state index contributed by atoms with van der Waals surface area (Å²) in [5.74, 6) is -0.865. The molecule has 6 aromatic rings. The maximum atomic E-state index is 14.1. The van der Waals surface area contributed by atoms with Gasteiger partial charge in [-0.05, 0) is 48.5 Å². The zero-order valence-electron chi connectivity index (χ0n) is 32.9. The third kappa shape index (κ3) is 12.4. The predicted octanol–water partition coefficient (Wildman–Crippen LogP) is 6.15. The lowest BCUT2D eigenvalue weighted by molar-refractivity contribution is -0.135. The fourth-order valence-electron chi connectivity index (χ4n) is 6.19. The van der Waals surface area contributed by atoms with Crippen molar-refractivity contribution in [1.82, 2.24) is 30.2 Å². The Bertz CT molecular complexity index is 2590. The molecule has 1 radical (unpaired) electrons. The summed E-state index contributed by atoms with van der Waals surface area (Å²) in [6.07, 6.45) is 0.919. The van der Waals surface area contributed by atoms with Crippen molar-refractivity contribution in [2.24, 2.45) is 0 Å². The van der Waals surface area contributed by atoms with Crippen LogP contribution >= 0.6 is 0 Å². The average Bonchev–Trinajstić information content (AvgIpc) is 3.89. The van der Waals surface area contributed by atoms with Gasteiger partial charge in [0.1, 0.15) is 28.8 Å². The van der Waals surface area contributed by atoms with Crippen molar-refractivity contribution >= 4 is 29.6 Å². The van der Waals surface area contributed by atoms with Gasteiger partial charge in [0.05, 0.1) is 12.1 Å². The van der Waals surface area contributed by atoms with Gasteiger partial charge in [0.15, 0.2) is 19.0 Å². The number of aromatic amines is 2. The molecular formula is C42H41BF5N6O9S. The topological polar surface area (TPSA) is 189 Å². The first kappa shape index (κ1) is 48.1. The second kappa shape index (κ2) is 21.9. The van der Waals surface area contributed by atoms with E-state index in [1.165, 1.54) is 23.1 Å². The van der Waals surface area contributed by atoms with Gasteiger partial charge in [-0.25, -0.2) is 8.78 Å². The maximum Gasteiger partial charge on any atom is 0.569 e. The number of carbonyl (C=O) groups excluding carboxylic acids is 2. The zero-order chi connectivity index (χ0) is 45.0. The van der Waals surface area contributed by atoms with Crippen LogP contribution in [0.1, 0.15) is 29.9 Å². The van der Waals surface area contributed by atoms with Crippen molar-refractivity contribution in [2.45, 2.75) is 38.9 Å². The quantitative estimate of drug-likeness (QED) is 0.0586. The highest BCUT2D eigenvalue weighted by molar-refractivity contribution is 7.88. The summed E-state index contributed by atoms with van der Waals surface area (Å²) in [5, 5.41) is 21.3. The van der Waals surface area contributed by atoms with Crippen molar-refractivity contribution < 1.29 is 63.3 Å². The van der Waals surface area contributed by atoms with Crippen molar-refractivity contribution in [1.29, 1.82) is 0 Å². The molecule has 3 N–H and O–H groups in total. The first-order valence-corrected chi connectivity index (χ1v) is 20.3. The van der Waals surface area contributed by atoms with E-state index in [0.717, 1.165) is 11.3 Å². The Morgan fingerprint density at radius 1 is 0.703 bits per heavy atom. The van der Waals surface area contributed by atoms with Crippen LogP contribution in [0.4, 0.5) is 22.0 Å². The third-order valence-corrected chi connectivity index (χ3v) is 10.3. The molecule has 64 heavy (non-hydrogen) atoms. The Labute approximate surface area is 365 Å². The number of benzene rings is 4. The number of para-hydroxylation sites is 3. The number of alkyl halides is 3. The van der Waals surface area contributed by atoms with Crippen molar-refractivity contribution in [3.8, 4) is 34.4 Å². The van der Waals surface area contributed by atoms with Gasteiger partial charge in [0.2, 0.25) is 0 Å². The van der Waals surface area contributed by atoms with Gasteiger partial charge in [0, 0.05) is 55.0 Å². The average molecular weight is 912 g/mol. The summed E-state index contributed by atoms with van der Waals surface area (Å²) < 4.78 is 106. The van der Waals surface area contributed by atoms with E-state index < -0.39 is 33.2 Å². The van der Waals surface area contributed by atoms with E-state index >= 15 is 0 Å². The second-order valence-electron chi connectivity index (χ2n) is 13.5. The van der Waals surface area contributed by atoms with Gasteiger partial charge in [-0.15, -0.1) is 5.10 Å². The van der Waals surface area contributed by atoms with E-state index in [4.69, 9.17) is 14.5 Å². The van der Waals surface area contributed by atoms with Gasteiger partial charge < -0.3 is 33.1 Å². The smallest absolute Gasteiger partial charge is 0.535 e. The number of amides is 2. The van der Waals surface area contributed by atoms with Gasteiger partial charge in [-0.3, -0.25) is 19.8 Å². The molecule has 2 aliphatic rings. The molecule has 15 nitrogen and oxygen atoms in total. The van der Waals surface area contributed by atoms with Gasteiger partial charge >= 0.3 is 23.3 Å². The number of hydrogen-bond acceptors (Lipinski definition) is 11. The minimum absolute atomic E-state index is 0. The van der Waals surface area contributed by atoms with Crippen molar-refractivity contribution in [3.05, 3.63) is 143 Å². The number of nitrogens with one attached hydrogen (secondary N) is 2. The summed E-state index contributed by atoms with van der Waals surface area (Å²) in [7, 11) is -5.41. The summed E-state index contributed by atoms with van der Waals surface area (Å²) in [5.41, 5.74) is -2.24. The number of aromatic nitrogens is 4. The molecule has 0 saturated heterocycles. The molecule has 0 bridgehead atoms. The molecule has 337 valence electrons. The van der Waals surface area contributed by atoms with Gasteiger partial charge in [-0.1, -0.05) is 68.1 Å². The summed E-state index contributed by atoms with van der Waals surface area (Å²) in [4.78, 5) is 27.9. The Hall–Kier alpha value is -6.94. The van der Waals surface area contributed by atoms with E-state index in [2.05, 4.69) is 29.2 Å². The van der Waals surface area contributed by atoms with Crippen LogP contribution in [-0.4, -0.2) is 94.9 Å². The molecule has 0 unspecified atom stereocenters. The van der Waals surface area contributed by atoms with Crippen LogP contribution < -0.4 is 18.3 Å². The molecule has 0 saturated carbocycles. The zero-order valence-corrected chi connectivity index (χ0v) is 33.7. The number of hydrogen-bond donors (Lipinski definition) is 3. The second-order valence-corrected chi connectivity index (χ2v) is 15.0. The first-order chi connectivity index (χ1) is 30.2. The molecule has 2 amide bonds. The third-order valence-electron chi connectivity index (χ3n) is 9.36.